The molecular formula is C43H66O5. The largest absolute Gasteiger partial charge is 0.349 e. The second-order valence-corrected chi connectivity index (χ2v) is 19.2. The van der Waals surface area contributed by atoms with E-state index in [-0.39, 0.29) is 23.7 Å². The SMILES string of the molecule is CC(C)[C@@H](C)/C=C/[C@@H](C)[C@H]1CCC2C3=CC=C4CC(OC5OC6O[C@]7(C)CCC8[C@H](C)CCC([C@H]5C)C68OO7)CC[C@]4(C)C3CC[C@@]21C. The van der Waals surface area contributed by atoms with E-state index in [9.17, 15) is 0 Å². The maximum Gasteiger partial charge on any atom is 0.201 e. The van der Waals surface area contributed by atoms with Crippen molar-refractivity contribution >= 4 is 0 Å². The minimum Gasteiger partial charge on any atom is -0.349 e. The third-order valence-corrected chi connectivity index (χ3v) is 16.4. The van der Waals surface area contributed by atoms with Crippen molar-refractivity contribution in [3.8, 4) is 0 Å². The Morgan fingerprint density at radius 1 is 0.812 bits per heavy atom. The zero-order valence-electron chi connectivity index (χ0n) is 31.6. The molecule has 0 aromatic carbocycles. The first-order valence-corrected chi connectivity index (χ1v) is 20.2. The van der Waals surface area contributed by atoms with Crippen LogP contribution in [0.1, 0.15) is 133 Å². The minimum absolute atomic E-state index is 0.181. The molecule has 5 aliphatic carbocycles. The van der Waals surface area contributed by atoms with Gasteiger partial charge in [-0.2, -0.15) is 0 Å². The van der Waals surface area contributed by atoms with Gasteiger partial charge >= 0.3 is 0 Å². The molecule has 4 saturated heterocycles. The van der Waals surface area contributed by atoms with E-state index in [1.807, 2.05) is 6.92 Å². The van der Waals surface area contributed by atoms with Crippen LogP contribution in [0.2, 0.25) is 0 Å². The summed E-state index contributed by atoms with van der Waals surface area (Å²) in [7, 11) is 0. The lowest BCUT2D eigenvalue weighted by Crippen LogP contribution is -2.70. The van der Waals surface area contributed by atoms with Gasteiger partial charge in [0.05, 0.1) is 6.10 Å². The van der Waals surface area contributed by atoms with E-state index < -0.39 is 17.7 Å². The Morgan fingerprint density at radius 2 is 1.62 bits per heavy atom. The number of hydrogen-bond acceptors (Lipinski definition) is 5. The fraction of sp³-hybridized carbons (Fsp3) is 0.860. The summed E-state index contributed by atoms with van der Waals surface area (Å²) in [5.41, 5.74) is 3.55. The van der Waals surface area contributed by atoms with Gasteiger partial charge in [0.25, 0.3) is 0 Å². The molecule has 5 nitrogen and oxygen atoms in total. The van der Waals surface area contributed by atoms with Crippen LogP contribution in [0.15, 0.2) is 35.5 Å². The van der Waals surface area contributed by atoms with Crippen molar-refractivity contribution in [2.45, 2.75) is 163 Å². The highest BCUT2D eigenvalue weighted by Crippen LogP contribution is 2.66. The van der Waals surface area contributed by atoms with E-state index in [0.29, 0.717) is 46.8 Å². The highest BCUT2D eigenvalue weighted by molar-refractivity contribution is 5.39. The molecule has 0 radical (unpaired) electrons. The van der Waals surface area contributed by atoms with Gasteiger partial charge in [0.1, 0.15) is 0 Å². The maximum atomic E-state index is 7.03. The highest BCUT2D eigenvalue weighted by Gasteiger charge is 2.70. The summed E-state index contributed by atoms with van der Waals surface area (Å²) >= 11 is 0. The molecule has 268 valence electrons. The van der Waals surface area contributed by atoms with E-state index in [0.717, 1.165) is 43.9 Å². The molecule has 4 aliphatic heterocycles. The van der Waals surface area contributed by atoms with Crippen LogP contribution in [0.25, 0.3) is 0 Å². The van der Waals surface area contributed by atoms with Gasteiger partial charge in [0.2, 0.25) is 5.79 Å². The predicted molar refractivity (Wildman–Crippen MR) is 189 cm³/mol. The summed E-state index contributed by atoms with van der Waals surface area (Å²) in [5, 5.41) is 0. The first-order valence-electron chi connectivity index (χ1n) is 20.2. The quantitative estimate of drug-likeness (QED) is 0.209. The highest BCUT2D eigenvalue weighted by atomic mass is 17.3. The van der Waals surface area contributed by atoms with Gasteiger partial charge in [-0.05, 0) is 129 Å². The average Bonchev–Trinajstić information content (AvgIpc) is 3.25. The van der Waals surface area contributed by atoms with Gasteiger partial charge in [-0.25, -0.2) is 9.78 Å². The summed E-state index contributed by atoms with van der Waals surface area (Å²) in [6.07, 6.45) is 22.7. The predicted octanol–water partition coefficient (Wildman–Crippen LogP) is 10.6. The molecule has 0 amide bonds. The molecule has 9 aliphatic rings. The molecule has 5 heteroatoms. The Bertz CT molecular complexity index is 1330. The minimum atomic E-state index is -0.747. The number of fused-ring (bicyclic) bond motifs is 7. The van der Waals surface area contributed by atoms with Gasteiger partial charge in [-0.3, -0.25) is 0 Å². The van der Waals surface area contributed by atoms with Gasteiger partial charge in [-0.15, -0.1) is 0 Å². The normalized spacial score (nSPS) is 52.5. The molecule has 0 aromatic rings. The number of rotatable bonds is 6. The van der Waals surface area contributed by atoms with Crippen LogP contribution in [-0.2, 0) is 24.0 Å². The molecule has 0 N–H and O–H groups in total. The van der Waals surface area contributed by atoms with Crippen LogP contribution in [0.5, 0.6) is 0 Å². The summed E-state index contributed by atoms with van der Waals surface area (Å²) in [5.74, 6) is 4.95. The molecule has 48 heavy (non-hydrogen) atoms. The topological polar surface area (TPSA) is 46.2 Å². The van der Waals surface area contributed by atoms with Crippen LogP contribution in [-0.4, -0.2) is 30.1 Å². The Kier molecular flexibility index (Phi) is 8.56. The molecule has 8 unspecified atom stereocenters. The standard InChI is InChI=1S/C43H66O5/c1-25(2)26(3)10-11-27(4)33-16-17-36-32-14-13-30-24-31(18-21-40(30,7)37(32)19-22-41(33,36)8)44-38-29(6)35-15-12-28(5)34-20-23-42(9)46-39(45-38)43(34,35)48-47-42/h10-11,13-14,25-29,31,33-39H,12,15-24H2,1-9H3/b11-10+/t26-,27+,28+,29+,31?,33+,34?,35?,36?,37?,38?,39?,40-,41+,42-,43?/m0/s1. The number of allylic oxidation sites excluding steroid dienone is 5. The van der Waals surface area contributed by atoms with Gasteiger partial charge in [-0.1, -0.05) is 90.8 Å². The monoisotopic (exact) mass is 662 g/mol. The molecule has 8 fully saturated rings. The van der Waals surface area contributed by atoms with Gasteiger partial charge < -0.3 is 14.2 Å². The van der Waals surface area contributed by atoms with Crippen molar-refractivity contribution in [2.24, 2.45) is 70.0 Å². The van der Waals surface area contributed by atoms with Crippen molar-refractivity contribution < 1.29 is 24.0 Å². The van der Waals surface area contributed by atoms with Crippen molar-refractivity contribution in [2.75, 3.05) is 0 Å². The fourth-order valence-corrected chi connectivity index (χ4v) is 12.9. The number of ether oxygens (including phenoxy) is 3. The summed E-state index contributed by atoms with van der Waals surface area (Å²) in [6, 6.07) is 0. The zero-order valence-corrected chi connectivity index (χ0v) is 31.6. The lowest BCUT2D eigenvalue weighted by molar-refractivity contribution is -0.578. The third kappa shape index (κ3) is 5.08. The Morgan fingerprint density at radius 3 is 2.42 bits per heavy atom. The molecule has 4 saturated carbocycles. The molecule has 2 bridgehead atoms. The second-order valence-electron chi connectivity index (χ2n) is 19.2. The summed E-state index contributed by atoms with van der Waals surface area (Å²) in [6.45, 7) is 21.5. The van der Waals surface area contributed by atoms with E-state index >= 15 is 0 Å². The number of hydrogen-bond donors (Lipinski definition) is 0. The van der Waals surface area contributed by atoms with Gasteiger partial charge in [0.15, 0.2) is 18.2 Å². The molecule has 4 heterocycles. The van der Waals surface area contributed by atoms with E-state index in [4.69, 9.17) is 24.0 Å². The molecule has 9 rings (SSSR count). The molecule has 16 atom stereocenters. The molecule has 1 spiro atoms. The summed E-state index contributed by atoms with van der Waals surface area (Å²) in [4.78, 5) is 12.4. The average molecular weight is 663 g/mol. The van der Waals surface area contributed by atoms with Crippen molar-refractivity contribution in [1.29, 1.82) is 0 Å². The molecular weight excluding hydrogens is 596 g/mol. The first kappa shape index (κ1) is 34.1. The van der Waals surface area contributed by atoms with E-state index in [1.165, 1.54) is 38.5 Å². The lowest BCUT2D eigenvalue weighted by Gasteiger charge is -2.60. The third-order valence-electron chi connectivity index (χ3n) is 16.4. The zero-order chi connectivity index (χ0) is 33.8. The van der Waals surface area contributed by atoms with Crippen LogP contribution in [0.3, 0.4) is 0 Å². The maximum absolute atomic E-state index is 7.03. The van der Waals surface area contributed by atoms with Crippen LogP contribution < -0.4 is 0 Å². The van der Waals surface area contributed by atoms with Crippen molar-refractivity contribution in [3.05, 3.63) is 35.5 Å². The summed E-state index contributed by atoms with van der Waals surface area (Å²) < 4.78 is 20.5. The lowest BCUT2D eigenvalue weighted by atomic mass is 9.50. The van der Waals surface area contributed by atoms with Crippen LogP contribution in [0.4, 0.5) is 0 Å². The fourth-order valence-electron chi connectivity index (χ4n) is 12.9. The smallest absolute Gasteiger partial charge is 0.201 e. The second kappa shape index (κ2) is 12.0. The Labute approximate surface area is 291 Å². The van der Waals surface area contributed by atoms with E-state index in [1.54, 1.807) is 11.1 Å². The van der Waals surface area contributed by atoms with Gasteiger partial charge in [0, 0.05) is 18.3 Å². The molecule has 0 aromatic heterocycles. The van der Waals surface area contributed by atoms with Crippen LogP contribution in [0, 0.1) is 70.0 Å². The van der Waals surface area contributed by atoms with E-state index in [2.05, 4.69) is 79.7 Å². The Balaban J connectivity index is 0.980. The van der Waals surface area contributed by atoms with Crippen LogP contribution >= 0.6 is 0 Å². The van der Waals surface area contributed by atoms with Crippen molar-refractivity contribution in [1.82, 2.24) is 0 Å². The first-order chi connectivity index (χ1) is 22.8. The Hall–Kier alpha value is -0.980. The van der Waals surface area contributed by atoms with Crippen molar-refractivity contribution in [3.63, 3.8) is 0 Å².